The number of thioether (sulfide) groups is 1. The first-order valence-corrected chi connectivity index (χ1v) is 23.5. The summed E-state index contributed by atoms with van der Waals surface area (Å²) < 4.78 is 34.8. The maximum absolute atomic E-state index is 13.9. The summed E-state index contributed by atoms with van der Waals surface area (Å²) in [4.78, 5) is 15.6. The van der Waals surface area contributed by atoms with E-state index in [-0.39, 0.29) is 47.6 Å². The summed E-state index contributed by atoms with van der Waals surface area (Å²) >= 11 is 7.14. The molecule has 8 atom stereocenters. The molecule has 3 aromatic rings. The molecule has 0 aromatic heterocycles. The van der Waals surface area contributed by atoms with Gasteiger partial charge in [0, 0.05) is 51.0 Å². The summed E-state index contributed by atoms with van der Waals surface area (Å²) in [5.74, 6) is -0.815. The van der Waals surface area contributed by atoms with E-state index in [0.717, 1.165) is 11.3 Å². The predicted molar refractivity (Wildman–Crippen MR) is 231 cm³/mol. The molecule has 0 bridgehead atoms. The fraction of sp³-hybridized carbons (Fsp3) is 0.556. The van der Waals surface area contributed by atoms with E-state index in [1.165, 1.54) is 22.1 Å². The number of benzene rings is 3. The topological polar surface area (TPSA) is 86.7 Å². The largest absolute Gasteiger partial charge is 0.404 e. The second-order valence-electron chi connectivity index (χ2n) is 17.2. The minimum Gasteiger partial charge on any atom is -0.404 e. The van der Waals surface area contributed by atoms with Gasteiger partial charge in [0.25, 0.3) is 8.32 Å². The standard InChI is InChI=1S/C45H61NO7S2Si/c1-31(2)40-30-55-43(54)46(40)42(48)32(3)41(47)25-34-23-35(49-7)26-45(51-34)27-36(24-37(52-45)29-50-28-33-17-11-8-12-18-33)53-56(44(4,5)6,38-19-13-9-14-20-38)39-21-15-10-16-22-39/h8-22,31-32,34-37,40-41,47H,23-30H2,1-7H3/t32-,34+,35+,36+,37-,40+,41+,45-/m1/s1. The Labute approximate surface area is 345 Å². The zero-order valence-corrected chi connectivity index (χ0v) is 36.7. The maximum Gasteiger partial charge on any atom is 0.261 e. The number of aliphatic hydroxyl groups is 1. The van der Waals surface area contributed by atoms with E-state index in [2.05, 4.69) is 107 Å². The SMILES string of the molecule is CO[C@H]1C[C@@H](C[C@H](O)[C@@H](C)C(=O)N2C(=S)SC[C@H]2C(C)C)O[C@@]2(C1)C[C@@H](O[Si](c1ccccc1)(c1ccccc1)C(C)(C)C)C[C@H](COCc1ccccc1)O2. The van der Waals surface area contributed by atoms with Crippen molar-refractivity contribution < 1.29 is 33.3 Å². The fourth-order valence-corrected chi connectivity index (χ4v) is 15.2. The first-order chi connectivity index (χ1) is 26.7. The highest BCUT2D eigenvalue weighted by molar-refractivity contribution is 8.23. The Morgan fingerprint density at radius 3 is 2.04 bits per heavy atom. The molecule has 0 saturated carbocycles. The summed E-state index contributed by atoms with van der Waals surface area (Å²) in [6.45, 7) is 13.7. The first-order valence-electron chi connectivity index (χ1n) is 20.2. The number of thiocarbonyl (C=S) groups is 1. The average molecular weight is 820 g/mol. The van der Waals surface area contributed by atoms with Crippen molar-refractivity contribution in [2.75, 3.05) is 19.5 Å². The van der Waals surface area contributed by atoms with Crippen molar-refractivity contribution in [1.29, 1.82) is 0 Å². The van der Waals surface area contributed by atoms with Crippen molar-refractivity contribution in [2.45, 2.75) is 128 Å². The van der Waals surface area contributed by atoms with Crippen LogP contribution in [-0.2, 0) is 34.8 Å². The van der Waals surface area contributed by atoms with E-state index in [1.54, 1.807) is 18.9 Å². The molecule has 3 heterocycles. The summed E-state index contributed by atoms with van der Waals surface area (Å²) in [7, 11) is -1.21. The van der Waals surface area contributed by atoms with Crippen LogP contribution in [0.2, 0.25) is 5.04 Å². The molecule has 0 radical (unpaired) electrons. The van der Waals surface area contributed by atoms with Gasteiger partial charge >= 0.3 is 0 Å². The van der Waals surface area contributed by atoms with Gasteiger partial charge < -0.3 is 28.5 Å². The van der Waals surface area contributed by atoms with E-state index >= 15 is 0 Å². The summed E-state index contributed by atoms with van der Waals surface area (Å²) in [6, 6.07) is 31.6. The van der Waals surface area contributed by atoms with Gasteiger partial charge in [-0.05, 0) is 26.9 Å². The van der Waals surface area contributed by atoms with Crippen LogP contribution in [0, 0.1) is 11.8 Å². The molecule has 3 aliphatic rings. The number of methoxy groups -OCH3 is 1. The van der Waals surface area contributed by atoms with Crippen LogP contribution in [0.4, 0.5) is 0 Å². The Morgan fingerprint density at radius 1 is 0.911 bits per heavy atom. The number of nitrogens with zero attached hydrogens (tertiary/aromatic N) is 1. The Hall–Kier alpha value is -2.45. The van der Waals surface area contributed by atoms with Crippen LogP contribution in [0.1, 0.15) is 79.2 Å². The molecule has 0 aliphatic carbocycles. The zero-order valence-electron chi connectivity index (χ0n) is 34.1. The Morgan fingerprint density at radius 2 is 1.46 bits per heavy atom. The van der Waals surface area contributed by atoms with Crippen molar-refractivity contribution in [1.82, 2.24) is 4.90 Å². The van der Waals surface area contributed by atoms with Crippen LogP contribution in [0.25, 0.3) is 0 Å². The predicted octanol–water partition coefficient (Wildman–Crippen LogP) is 7.49. The summed E-state index contributed by atoms with van der Waals surface area (Å²) in [6.07, 6.45) is 0.357. The minimum absolute atomic E-state index is 0.0193. The molecule has 3 aliphatic heterocycles. The van der Waals surface area contributed by atoms with Gasteiger partial charge in [0.1, 0.15) is 4.32 Å². The normalized spacial score (nSPS) is 27.1. The average Bonchev–Trinajstić information content (AvgIpc) is 3.58. The first kappa shape index (κ1) is 43.1. The molecular weight excluding hydrogens is 759 g/mol. The van der Waals surface area contributed by atoms with E-state index in [4.69, 9.17) is 35.6 Å². The molecule has 8 nitrogen and oxygen atoms in total. The smallest absolute Gasteiger partial charge is 0.261 e. The number of aliphatic hydroxyl groups excluding tert-OH is 1. The molecule has 1 amide bonds. The quantitative estimate of drug-likeness (QED) is 0.131. The third-order valence-electron chi connectivity index (χ3n) is 11.8. The van der Waals surface area contributed by atoms with Gasteiger partial charge in [-0.15, -0.1) is 0 Å². The van der Waals surface area contributed by atoms with Crippen molar-refractivity contribution in [3.8, 4) is 0 Å². The molecule has 3 saturated heterocycles. The number of hydrogen-bond donors (Lipinski definition) is 1. The van der Waals surface area contributed by atoms with Crippen LogP contribution in [-0.4, -0.2) is 90.4 Å². The zero-order chi connectivity index (χ0) is 40.1. The third kappa shape index (κ3) is 9.70. The van der Waals surface area contributed by atoms with Crippen LogP contribution in [0.5, 0.6) is 0 Å². The van der Waals surface area contributed by atoms with Crippen molar-refractivity contribution in [3.63, 3.8) is 0 Å². The lowest BCUT2D eigenvalue weighted by molar-refractivity contribution is -0.344. The van der Waals surface area contributed by atoms with Crippen molar-refractivity contribution in [3.05, 3.63) is 96.6 Å². The number of carbonyl (C=O) groups excluding carboxylic acids is 1. The molecule has 304 valence electrons. The molecule has 6 rings (SSSR count). The molecular formula is C45H61NO7S2Si. The Bertz CT molecular complexity index is 1690. The molecule has 11 heteroatoms. The highest BCUT2D eigenvalue weighted by atomic mass is 32.2. The Balaban J connectivity index is 1.29. The highest BCUT2D eigenvalue weighted by Crippen LogP contribution is 2.45. The number of amides is 1. The van der Waals surface area contributed by atoms with Gasteiger partial charge in [0.05, 0.1) is 49.7 Å². The fourth-order valence-electron chi connectivity index (χ4n) is 8.83. The van der Waals surface area contributed by atoms with Gasteiger partial charge in [0.15, 0.2) is 5.79 Å². The third-order valence-corrected chi connectivity index (χ3v) is 18.4. The van der Waals surface area contributed by atoms with Crippen molar-refractivity contribution >= 4 is 52.9 Å². The molecule has 3 fully saturated rings. The van der Waals surface area contributed by atoms with Crippen LogP contribution >= 0.6 is 24.0 Å². The van der Waals surface area contributed by atoms with Gasteiger partial charge in [-0.1, -0.05) is 157 Å². The maximum atomic E-state index is 13.9. The lowest BCUT2D eigenvalue weighted by Gasteiger charge is -2.52. The second-order valence-corrected chi connectivity index (χ2v) is 23.1. The van der Waals surface area contributed by atoms with Crippen LogP contribution in [0.3, 0.4) is 0 Å². The lowest BCUT2D eigenvalue weighted by atomic mass is 9.87. The minimum atomic E-state index is -2.94. The number of carbonyl (C=O) groups is 1. The lowest BCUT2D eigenvalue weighted by Crippen LogP contribution is -2.69. The number of rotatable bonds is 14. The van der Waals surface area contributed by atoms with Gasteiger partial charge in [-0.3, -0.25) is 9.69 Å². The van der Waals surface area contributed by atoms with Gasteiger partial charge in [-0.2, -0.15) is 0 Å². The molecule has 0 unspecified atom stereocenters. The molecule has 56 heavy (non-hydrogen) atoms. The van der Waals surface area contributed by atoms with E-state index in [0.29, 0.717) is 43.2 Å². The summed E-state index contributed by atoms with van der Waals surface area (Å²) in [5, 5.41) is 13.9. The Kier molecular flexibility index (Phi) is 14.4. The monoisotopic (exact) mass is 819 g/mol. The van der Waals surface area contributed by atoms with Gasteiger partial charge in [-0.25, -0.2) is 0 Å². The van der Waals surface area contributed by atoms with E-state index in [1.807, 2.05) is 18.2 Å². The van der Waals surface area contributed by atoms with Gasteiger partial charge in [0.2, 0.25) is 5.91 Å². The van der Waals surface area contributed by atoms with Crippen LogP contribution in [0.15, 0.2) is 91.0 Å². The highest BCUT2D eigenvalue weighted by Gasteiger charge is 2.56. The van der Waals surface area contributed by atoms with Crippen LogP contribution < -0.4 is 10.4 Å². The summed E-state index contributed by atoms with van der Waals surface area (Å²) in [5.41, 5.74) is 1.09. The van der Waals surface area contributed by atoms with E-state index in [9.17, 15) is 9.90 Å². The second kappa shape index (κ2) is 18.6. The number of hydrogen-bond acceptors (Lipinski definition) is 9. The van der Waals surface area contributed by atoms with E-state index < -0.39 is 32.2 Å². The molecule has 1 N–H and O–H groups in total. The molecule has 1 spiro atoms. The van der Waals surface area contributed by atoms with Crippen molar-refractivity contribution in [2.24, 2.45) is 11.8 Å². The number of ether oxygens (including phenoxy) is 4. The molecule has 3 aromatic carbocycles.